The number of carbonyl (C=O) groups excluding carboxylic acids is 1. The predicted octanol–water partition coefficient (Wildman–Crippen LogP) is 6.08. The first-order valence-electron chi connectivity index (χ1n) is 11.1. The fraction of sp³-hybridized carbons (Fsp3) is 0.458. The molecule has 2 fully saturated rings. The highest BCUT2D eigenvalue weighted by Crippen LogP contribution is 2.39. The van der Waals surface area contributed by atoms with E-state index in [1.807, 2.05) is 25.1 Å². The highest BCUT2D eigenvalue weighted by Gasteiger charge is 2.30. The number of fused-ring (bicyclic) bond motifs is 1. The van der Waals surface area contributed by atoms with Gasteiger partial charge in [0.15, 0.2) is 0 Å². The van der Waals surface area contributed by atoms with Crippen molar-refractivity contribution in [3.63, 3.8) is 0 Å². The lowest BCUT2D eigenvalue weighted by atomic mass is 9.85. The number of amides is 1. The van der Waals surface area contributed by atoms with Crippen LogP contribution in [0.3, 0.4) is 0 Å². The number of hydrogen-bond donors (Lipinski definition) is 1. The minimum Gasteiger partial charge on any atom is -0.356 e. The molecule has 1 aliphatic heterocycles. The van der Waals surface area contributed by atoms with E-state index >= 15 is 0 Å². The van der Waals surface area contributed by atoms with E-state index < -0.39 is 0 Å². The van der Waals surface area contributed by atoms with Crippen LogP contribution in [0.5, 0.6) is 0 Å². The molecule has 2 aliphatic rings. The Kier molecular flexibility index (Phi) is 5.61. The van der Waals surface area contributed by atoms with Gasteiger partial charge in [-0.15, -0.1) is 11.3 Å². The molecule has 0 bridgehead atoms. The third-order valence-electron chi connectivity index (χ3n) is 6.80. The third kappa shape index (κ3) is 3.92. The number of anilines is 2. The third-order valence-corrected chi connectivity index (χ3v) is 8.10. The average Bonchev–Trinajstić information content (AvgIpc) is 3.10. The molecule has 1 N–H and O–H groups in total. The minimum absolute atomic E-state index is 0.00151. The normalized spacial score (nSPS) is 17.7. The summed E-state index contributed by atoms with van der Waals surface area (Å²) in [4.78, 5) is 26.4. The Morgan fingerprint density at radius 2 is 1.94 bits per heavy atom. The standard InChI is InChI=1S/C24H27ClN4OS/c1-14-18(25)7-4-8-19(14)27-24(30)17-9-11-29(12-10-17)23-21-15(2)31-13-20(21)26-22(28-23)16-5-3-6-16/h4,7-8,13,16-17H,3,5-6,9-12H2,1-2H3,(H,27,30). The van der Waals surface area contributed by atoms with Crippen molar-refractivity contribution in [1.29, 1.82) is 0 Å². The summed E-state index contributed by atoms with van der Waals surface area (Å²) in [6, 6.07) is 5.63. The van der Waals surface area contributed by atoms with E-state index in [2.05, 4.69) is 22.5 Å². The van der Waals surface area contributed by atoms with Gasteiger partial charge in [-0.25, -0.2) is 9.97 Å². The summed E-state index contributed by atoms with van der Waals surface area (Å²) in [6.45, 7) is 5.75. The zero-order valence-electron chi connectivity index (χ0n) is 17.9. The van der Waals surface area contributed by atoms with Gasteiger partial charge >= 0.3 is 0 Å². The van der Waals surface area contributed by atoms with Crippen LogP contribution in [0.4, 0.5) is 11.5 Å². The number of carbonyl (C=O) groups is 1. The van der Waals surface area contributed by atoms with Gasteiger partial charge in [0, 0.05) is 45.9 Å². The summed E-state index contributed by atoms with van der Waals surface area (Å²) in [5.41, 5.74) is 2.79. The molecule has 0 radical (unpaired) electrons. The van der Waals surface area contributed by atoms with Crippen LogP contribution in [0.15, 0.2) is 23.6 Å². The van der Waals surface area contributed by atoms with Crippen molar-refractivity contribution < 1.29 is 4.79 Å². The van der Waals surface area contributed by atoms with Crippen LogP contribution in [0.1, 0.15) is 54.3 Å². The van der Waals surface area contributed by atoms with Gasteiger partial charge in [0.25, 0.3) is 0 Å². The van der Waals surface area contributed by atoms with Crippen molar-refractivity contribution in [3.05, 3.63) is 44.9 Å². The molecule has 162 valence electrons. The number of hydrogen-bond acceptors (Lipinski definition) is 5. The van der Waals surface area contributed by atoms with Gasteiger partial charge in [0.05, 0.1) is 10.9 Å². The van der Waals surface area contributed by atoms with Crippen LogP contribution in [0.2, 0.25) is 5.02 Å². The average molecular weight is 455 g/mol. The van der Waals surface area contributed by atoms with Gasteiger partial charge in [-0.3, -0.25) is 4.79 Å². The number of nitrogens with one attached hydrogen (secondary N) is 1. The number of thiophene rings is 1. The summed E-state index contributed by atoms with van der Waals surface area (Å²) in [5, 5.41) is 7.10. The van der Waals surface area contributed by atoms with E-state index in [0.29, 0.717) is 10.9 Å². The second kappa shape index (κ2) is 8.40. The minimum atomic E-state index is 0.00151. The molecule has 7 heteroatoms. The molecule has 3 aromatic rings. The van der Waals surface area contributed by atoms with Crippen molar-refractivity contribution in [3.8, 4) is 0 Å². The topological polar surface area (TPSA) is 58.1 Å². The number of aromatic nitrogens is 2. The molecule has 0 unspecified atom stereocenters. The van der Waals surface area contributed by atoms with Crippen LogP contribution < -0.4 is 10.2 Å². The Balaban J connectivity index is 1.32. The Hall–Kier alpha value is -2.18. The van der Waals surface area contributed by atoms with E-state index in [0.717, 1.165) is 54.3 Å². The molecular weight excluding hydrogens is 428 g/mol. The lowest BCUT2D eigenvalue weighted by Gasteiger charge is -2.33. The van der Waals surface area contributed by atoms with E-state index in [-0.39, 0.29) is 11.8 Å². The maximum atomic E-state index is 12.9. The molecule has 2 aromatic heterocycles. The first kappa shape index (κ1) is 20.7. The molecule has 3 heterocycles. The number of aryl methyl sites for hydroxylation is 1. The zero-order valence-corrected chi connectivity index (χ0v) is 19.5. The number of piperidine rings is 1. The summed E-state index contributed by atoms with van der Waals surface area (Å²) >= 11 is 7.95. The summed E-state index contributed by atoms with van der Waals surface area (Å²) in [5.74, 6) is 2.66. The van der Waals surface area contributed by atoms with Gasteiger partial charge in [0.2, 0.25) is 5.91 Å². The first-order chi connectivity index (χ1) is 15.0. The maximum absolute atomic E-state index is 12.9. The zero-order chi connectivity index (χ0) is 21.5. The Morgan fingerprint density at radius 3 is 2.65 bits per heavy atom. The molecule has 31 heavy (non-hydrogen) atoms. The highest BCUT2D eigenvalue weighted by atomic mass is 35.5. The Labute approximate surface area is 191 Å². The summed E-state index contributed by atoms with van der Waals surface area (Å²) in [6.07, 6.45) is 5.30. The summed E-state index contributed by atoms with van der Waals surface area (Å²) < 4.78 is 0. The quantitative estimate of drug-likeness (QED) is 0.518. The van der Waals surface area contributed by atoms with Crippen LogP contribution in [0, 0.1) is 19.8 Å². The molecular formula is C24H27ClN4OS. The van der Waals surface area contributed by atoms with Gasteiger partial charge in [-0.1, -0.05) is 24.1 Å². The van der Waals surface area contributed by atoms with Crippen LogP contribution >= 0.6 is 22.9 Å². The largest absolute Gasteiger partial charge is 0.356 e. The molecule has 0 atom stereocenters. The van der Waals surface area contributed by atoms with E-state index in [4.69, 9.17) is 21.6 Å². The second-order valence-electron chi connectivity index (χ2n) is 8.75. The van der Waals surface area contributed by atoms with Gasteiger partial charge in [0.1, 0.15) is 11.6 Å². The molecule has 1 aromatic carbocycles. The smallest absolute Gasteiger partial charge is 0.227 e. The van der Waals surface area contributed by atoms with Crippen molar-refractivity contribution >= 4 is 51.3 Å². The van der Waals surface area contributed by atoms with Crippen molar-refractivity contribution in [2.75, 3.05) is 23.3 Å². The van der Waals surface area contributed by atoms with E-state index in [9.17, 15) is 4.79 Å². The molecule has 1 saturated carbocycles. The Bertz CT molecular complexity index is 1130. The molecule has 0 spiro atoms. The fourth-order valence-corrected chi connectivity index (χ4v) is 5.47. The maximum Gasteiger partial charge on any atom is 0.227 e. The van der Waals surface area contributed by atoms with E-state index in [1.165, 1.54) is 29.5 Å². The first-order valence-corrected chi connectivity index (χ1v) is 12.3. The van der Waals surface area contributed by atoms with Crippen molar-refractivity contribution in [2.24, 2.45) is 5.92 Å². The second-order valence-corrected chi connectivity index (χ2v) is 10.2. The van der Waals surface area contributed by atoms with Crippen LogP contribution in [-0.4, -0.2) is 29.0 Å². The Morgan fingerprint density at radius 1 is 1.16 bits per heavy atom. The van der Waals surface area contributed by atoms with Crippen LogP contribution in [-0.2, 0) is 4.79 Å². The van der Waals surface area contributed by atoms with Crippen molar-refractivity contribution in [1.82, 2.24) is 9.97 Å². The van der Waals surface area contributed by atoms with E-state index in [1.54, 1.807) is 11.3 Å². The van der Waals surface area contributed by atoms with Crippen molar-refractivity contribution in [2.45, 2.75) is 51.9 Å². The number of benzene rings is 1. The molecule has 5 nitrogen and oxygen atoms in total. The molecule has 1 aliphatic carbocycles. The molecule has 1 saturated heterocycles. The number of nitrogens with zero attached hydrogens (tertiary/aromatic N) is 3. The fourth-order valence-electron chi connectivity index (χ4n) is 4.52. The van der Waals surface area contributed by atoms with Gasteiger partial charge < -0.3 is 10.2 Å². The lowest BCUT2D eigenvalue weighted by Crippen LogP contribution is -2.39. The highest BCUT2D eigenvalue weighted by molar-refractivity contribution is 7.11. The number of rotatable bonds is 4. The number of halogens is 1. The monoisotopic (exact) mass is 454 g/mol. The SMILES string of the molecule is Cc1c(Cl)cccc1NC(=O)C1CCN(c2nc(C3CCC3)nc3csc(C)c23)CC1. The van der Waals surface area contributed by atoms with Gasteiger partial charge in [-0.2, -0.15) is 0 Å². The molecule has 1 amide bonds. The predicted molar refractivity (Wildman–Crippen MR) is 128 cm³/mol. The lowest BCUT2D eigenvalue weighted by molar-refractivity contribution is -0.120. The van der Waals surface area contributed by atoms with Crippen LogP contribution in [0.25, 0.3) is 10.9 Å². The summed E-state index contributed by atoms with van der Waals surface area (Å²) in [7, 11) is 0. The van der Waals surface area contributed by atoms with Gasteiger partial charge in [-0.05, 0) is 57.2 Å². The molecule has 5 rings (SSSR count).